The Balaban J connectivity index is 1.64. The number of amides is 1. The van der Waals surface area contributed by atoms with Crippen molar-refractivity contribution in [1.82, 2.24) is 14.7 Å². The van der Waals surface area contributed by atoms with Gasteiger partial charge in [0.2, 0.25) is 5.91 Å². The van der Waals surface area contributed by atoms with E-state index in [1.165, 1.54) is 0 Å². The number of ether oxygens (including phenoxy) is 1. The van der Waals surface area contributed by atoms with E-state index < -0.39 is 0 Å². The summed E-state index contributed by atoms with van der Waals surface area (Å²) in [6.07, 6.45) is -0.0377. The van der Waals surface area contributed by atoms with Crippen LogP contribution in [0.5, 0.6) is 5.75 Å². The number of aryl methyl sites for hydroxylation is 2. The van der Waals surface area contributed by atoms with Crippen LogP contribution in [0.4, 0.5) is 5.69 Å². The van der Waals surface area contributed by atoms with Gasteiger partial charge < -0.3 is 14.5 Å². The maximum atomic E-state index is 12.5. The van der Waals surface area contributed by atoms with Gasteiger partial charge in [-0.3, -0.25) is 9.48 Å². The van der Waals surface area contributed by atoms with Crippen LogP contribution >= 0.6 is 0 Å². The lowest BCUT2D eigenvalue weighted by atomic mass is 10.2. The van der Waals surface area contributed by atoms with Crippen LogP contribution in [0.25, 0.3) is 0 Å². The minimum atomic E-state index is -0.0377. The summed E-state index contributed by atoms with van der Waals surface area (Å²) in [4.78, 5) is 16.6. The minimum absolute atomic E-state index is 0.0377. The first-order valence-corrected chi connectivity index (χ1v) is 8.73. The van der Waals surface area contributed by atoms with Crippen LogP contribution in [-0.4, -0.2) is 53.4 Å². The summed E-state index contributed by atoms with van der Waals surface area (Å²) in [5.41, 5.74) is 3.05. The lowest BCUT2D eigenvalue weighted by molar-refractivity contribution is -0.131. The molecule has 1 amide bonds. The SMILES string of the molecule is CCN1C[C@@H](CN(C)C(=O)Cn2nc(C)cc2C)Oc2ccccc21. The van der Waals surface area contributed by atoms with E-state index >= 15 is 0 Å². The lowest BCUT2D eigenvalue weighted by Gasteiger charge is -2.37. The second-order valence-corrected chi connectivity index (χ2v) is 6.61. The molecule has 25 heavy (non-hydrogen) atoms. The largest absolute Gasteiger partial charge is 0.485 e. The average molecular weight is 342 g/mol. The van der Waals surface area contributed by atoms with Crippen LogP contribution in [0.15, 0.2) is 30.3 Å². The summed E-state index contributed by atoms with van der Waals surface area (Å²) in [5, 5.41) is 4.36. The van der Waals surface area contributed by atoms with Gasteiger partial charge in [0.1, 0.15) is 18.4 Å². The second-order valence-electron chi connectivity index (χ2n) is 6.61. The molecule has 0 radical (unpaired) electrons. The summed E-state index contributed by atoms with van der Waals surface area (Å²) in [6.45, 7) is 8.56. The molecular formula is C19H26N4O2. The number of nitrogens with zero attached hydrogens (tertiary/aromatic N) is 4. The van der Waals surface area contributed by atoms with Gasteiger partial charge in [0.15, 0.2) is 0 Å². The molecule has 0 fully saturated rings. The number of benzene rings is 1. The third-order valence-corrected chi connectivity index (χ3v) is 4.60. The maximum Gasteiger partial charge on any atom is 0.244 e. The highest BCUT2D eigenvalue weighted by Crippen LogP contribution is 2.32. The molecule has 134 valence electrons. The van der Waals surface area contributed by atoms with Crippen LogP contribution in [-0.2, 0) is 11.3 Å². The maximum absolute atomic E-state index is 12.5. The Labute approximate surface area is 149 Å². The molecule has 1 aliphatic rings. The summed E-state index contributed by atoms with van der Waals surface area (Å²) in [6, 6.07) is 10.0. The lowest BCUT2D eigenvalue weighted by Crippen LogP contribution is -2.47. The third-order valence-electron chi connectivity index (χ3n) is 4.60. The smallest absolute Gasteiger partial charge is 0.244 e. The number of para-hydroxylation sites is 2. The van der Waals surface area contributed by atoms with E-state index in [1.54, 1.807) is 9.58 Å². The zero-order valence-corrected chi connectivity index (χ0v) is 15.4. The van der Waals surface area contributed by atoms with Crippen molar-refractivity contribution in [3.05, 3.63) is 41.7 Å². The summed E-state index contributed by atoms with van der Waals surface area (Å²) in [7, 11) is 1.83. The monoisotopic (exact) mass is 342 g/mol. The molecule has 0 saturated heterocycles. The first kappa shape index (κ1) is 17.3. The summed E-state index contributed by atoms with van der Waals surface area (Å²) in [5.74, 6) is 0.928. The number of anilines is 1. The van der Waals surface area contributed by atoms with Crippen molar-refractivity contribution in [3.8, 4) is 5.75 Å². The van der Waals surface area contributed by atoms with Crippen LogP contribution in [0.1, 0.15) is 18.3 Å². The van der Waals surface area contributed by atoms with E-state index in [2.05, 4.69) is 23.0 Å². The van der Waals surface area contributed by atoms with E-state index in [0.717, 1.165) is 35.9 Å². The number of hydrogen-bond donors (Lipinski definition) is 0. The number of hydrogen-bond acceptors (Lipinski definition) is 4. The highest BCUT2D eigenvalue weighted by atomic mass is 16.5. The third kappa shape index (κ3) is 3.78. The molecule has 0 unspecified atom stereocenters. The number of fused-ring (bicyclic) bond motifs is 1. The summed E-state index contributed by atoms with van der Waals surface area (Å²) >= 11 is 0. The summed E-state index contributed by atoms with van der Waals surface area (Å²) < 4.78 is 7.86. The van der Waals surface area contributed by atoms with Gasteiger partial charge in [0, 0.05) is 19.3 Å². The van der Waals surface area contributed by atoms with Crippen molar-refractivity contribution in [2.24, 2.45) is 0 Å². The molecule has 3 rings (SSSR count). The first-order chi connectivity index (χ1) is 12.0. The highest BCUT2D eigenvalue weighted by molar-refractivity contribution is 5.75. The van der Waals surface area contributed by atoms with Crippen LogP contribution in [0, 0.1) is 13.8 Å². The van der Waals surface area contributed by atoms with Gasteiger partial charge in [-0.15, -0.1) is 0 Å². The fourth-order valence-electron chi connectivity index (χ4n) is 3.26. The van der Waals surface area contributed by atoms with Gasteiger partial charge in [-0.1, -0.05) is 12.1 Å². The number of carbonyl (C=O) groups is 1. The molecule has 0 spiro atoms. The number of aromatic nitrogens is 2. The Morgan fingerprint density at radius 2 is 2.12 bits per heavy atom. The number of carbonyl (C=O) groups excluding carboxylic acids is 1. The van der Waals surface area contributed by atoms with E-state index in [-0.39, 0.29) is 18.6 Å². The minimum Gasteiger partial charge on any atom is -0.485 e. The molecule has 6 heteroatoms. The number of rotatable bonds is 5. The Morgan fingerprint density at radius 3 is 2.80 bits per heavy atom. The molecular weight excluding hydrogens is 316 g/mol. The predicted molar refractivity (Wildman–Crippen MR) is 98.1 cm³/mol. The van der Waals surface area contributed by atoms with Gasteiger partial charge in [0.25, 0.3) is 0 Å². The quantitative estimate of drug-likeness (QED) is 0.836. The molecule has 1 aromatic heterocycles. The van der Waals surface area contributed by atoms with Crippen molar-refractivity contribution >= 4 is 11.6 Å². The van der Waals surface area contributed by atoms with Gasteiger partial charge in [0.05, 0.1) is 24.5 Å². The van der Waals surface area contributed by atoms with E-state index in [9.17, 15) is 4.79 Å². The normalized spacial score (nSPS) is 16.3. The van der Waals surface area contributed by atoms with Gasteiger partial charge in [-0.2, -0.15) is 5.10 Å². The van der Waals surface area contributed by atoms with Crippen LogP contribution < -0.4 is 9.64 Å². The van der Waals surface area contributed by atoms with Gasteiger partial charge in [-0.25, -0.2) is 0 Å². The fraction of sp³-hybridized carbons (Fsp3) is 0.474. The molecule has 0 bridgehead atoms. The number of likely N-dealkylation sites (N-methyl/N-ethyl adjacent to an activating group) is 2. The highest BCUT2D eigenvalue weighted by Gasteiger charge is 2.26. The second kappa shape index (κ2) is 7.17. The van der Waals surface area contributed by atoms with E-state index in [1.807, 2.05) is 45.2 Å². The zero-order valence-electron chi connectivity index (χ0n) is 15.4. The molecule has 6 nitrogen and oxygen atoms in total. The molecule has 2 aromatic rings. The predicted octanol–water partition coefficient (Wildman–Crippen LogP) is 2.25. The van der Waals surface area contributed by atoms with Gasteiger partial charge >= 0.3 is 0 Å². The molecule has 1 aromatic carbocycles. The Kier molecular flexibility index (Phi) is 4.97. The van der Waals surface area contributed by atoms with Crippen molar-refractivity contribution in [2.45, 2.75) is 33.4 Å². The van der Waals surface area contributed by atoms with Gasteiger partial charge in [-0.05, 0) is 39.0 Å². The van der Waals surface area contributed by atoms with E-state index in [0.29, 0.717) is 6.54 Å². The molecule has 0 N–H and O–H groups in total. The van der Waals surface area contributed by atoms with Crippen molar-refractivity contribution in [3.63, 3.8) is 0 Å². The van der Waals surface area contributed by atoms with Crippen LogP contribution in [0.2, 0.25) is 0 Å². The zero-order chi connectivity index (χ0) is 18.0. The molecule has 2 heterocycles. The Bertz CT molecular complexity index is 756. The molecule has 0 saturated carbocycles. The van der Waals surface area contributed by atoms with Crippen molar-refractivity contribution in [2.75, 3.05) is 31.6 Å². The van der Waals surface area contributed by atoms with Crippen LogP contribution in [0.3, 0.4) is 0 Å². The topological polar surface area (TPSA) is 50.6 Å². The molecule has 1 atom stereocenters. The molecule has 0 aliphatic carbocycles. The van der Waals surface area contributed by atoms with Crippen molar-refractivity contribution in [1.29, 1.82) is 0 Å². The average Bonchev–Trinajstić information content (AvgIpc) is 2.91. The Morgan fingerprint density at radius 1 is 1.36 bits per heavy atom. The van der Waals surface area contributed by atoms with E-state index in [4.69, 9.17) is 4.74 Å². The van der Waals surface area contributed by atoms with Crippen molar-refractivity contribution < 1.29 is 9.53 Å². The first-order valence-electron chi connectivity index (χ1n) is 8.73. The molecule has 1 aliphatic heterocycles. The fourth-order valence-corrected chi connectivity index (χ4v) is 3.26. The standard InChI is InChI=1S/C19H26N4O2/c1-5-22-12-16(25-18-9-7-6-8-17(18)22)11-21(4)19(24)13-23-15(3)10-14(2)20-23/h6-10,16H,5,11-13H2,1-4H3/t16-/m1/s1. The Hall–Kier alpha value is -2.50.